The van der Waals surface area contributed by atoms with Gasteiger partial charge in [0.1, 0.15) is 68.6 Å². The van der Waals surface area contributed by atoms with Gasteiger partial charge in [-0.3, -0.25) is 0 Å². The molecule has 0 saturated carbocycles. The van der Waals surface area contributed by atoms with Crippen LogP contribution in [0.5, 0.6) is 46.0 Å². The smallest absolute Gasteiger partial charge is 0.168 e. The number of nitrogens with one attached hydrogen (secondary N) is 2. The summed E-state index contributed by atoms with van der Waals surface area (Å²) in [6.45, 7) is 21.2. The Hall–Kier alpha value is -6.70. The van der Waals surface area contributed by atoms with Gasteiger partial charge in [-0.1, -0.05) is 107 Å². The topological polar surface area (TPSA) is 183 Å². The Morgan fingerprint density at radius 3 is 0.617 bits per heavy atom. The minimum atomic E-state index is 0. The summed E-state index contributed by atoms with van der Waals surface area (Å²) in [6.07, 6.45) is 14.5. The summed E-state index contributed by atoms with van der Waals surface area (Å²) in [7, 11) is 0. The standard InChI is InChI=1S/C64H82N8O8.Pd/c1-9-17-33-73-41-25-26-42(74-34-18-10-2)50-49(41)57-65-58(50)70-60-53-45(77-37-21-13-5)29-30-46(78-38-22-14-6)54(53)62(67-60)72-64-56-48(80-40-24-16-8)32-31-47(79-39-23-15-7)55(56)63(68-64)71-61-52-44(76-36-20-12-4)28-27-43(75-35-19-11-3)51(52)59(66-61)69-57;/h25-32H,9-24,33-40H2,1-8H3,(H2,65,66,67,68,69,70,71,72);. The molecule has 9 rings (SSSR count). The molecular weight excluding hydrogens is 1120 g/mol. The van der Waals surface area contributed by atoms with Gasteiger partial charge in [-0.15, -0.1) is 0 Å². The molecule has 2 aliphatic rings. The van der Waals surface area contributed by atoms with E-state index in [9.17, 15) is 0 Å². The number of hydrogen-bond donors (Lipinski definition) is 2. The van der Waals surface area contributed by atoms with Gasteiger partial charge < -0.3 is 47.9 Å². The van der Waals surface area contributed by atoms with E-state index in [1.165, 1.54) is 0 Å². The molecule has 0 unspecified atom stereocenters. The van der Waals surface area contributed by atoms with Crippen molar-refractivity contribution in [2.75, 3.05) is 52.9 Å². The molecule has 2 N–H and O–H groups in total. The number of benzene rings is 4. The maximum atomic E-state index is 6.70. The zero-order valence-electron chi connectivity index (χ0n) is 48.9. The first-order chi connectivity index (χ1) is 39.4. The summed E-state index contributed by atoms with van der Waals surface area (Å²) in [5.74, 6) is 6.41. The van der Waals surface area contributed by atoms with Crippen LogP contribution in [0.25, 0.3) is 89.7 Å². The van der Waals surface area contributed by atoms with Gasteiger partial charge in [0.25, 0.3) is 0 Å². The first-order valence-electron chi connectivity index (χ1n) is 29.9. The predicted molar refractivity (Wildman–Crippen MR) is 319 cm³/mol. The molecule has 3 aromatic heterocycles. The van der Waals surface area contributed by atoms with Gasteiger partial charge in [0.05, 0.1) is 96.7 Å². The summed E-state index contributed by atoms with van der Waals surface area (Å²) in [6, 6.07) is 15.7. The molecule has 16 nitrogen and oxygen atoms in total. The summed E-state index contributed by atoms with van der Waals surface area (Å²) >= 11 is 0. The van der Waals surface area contributed by atoms with Gasteiger partial charge in [-0.2, -0.15) is 0 Å². The van der Waals surface area contributed by atoms with E-state index in [2.05, 4.69) is 65.4 Å². The van der Waals surface area contributed by atoms with Crippen LogP contribution in [0, 0.1) is 0 Å². The van der Waals surface area contributed by atoms with Crippen LogP contribution in [0.4, 0.5) is 0 Å². The average molecular weight is 1200 g/mol. The van der Waals surface area contributed by atoms with Gasteiger partial charge in [-0.05, 0) is 99.9 Å². The number of aromatic nitrogens is 8. The van der Waals surface area contributed by atoms with Crippen LogP contribution in [0.3, 0.4) is 0 Å². The normalized spacial score (nSPS) is 11.6. The maximum absolute atomic E-state index is 6.70. The third-order valence-electron chi connectivity index (χ3n) is 14.2. The molecule has 0 aliphatic carbocycles. The fourth-order valence-corrected chi connectivity index (χ4v) is 9.64. The number of nitrogens with zero attached hydrogens (tertiary/aromatic N) is 6. The minimum Gasteiger partial charge on any atom is -0.493 e. The minimum absolute atomic E-state index is 0. The van der Waals surface area contributed by atoms with Crippen LogP contribution in [0.2, 0.25) is 0 Å². The van der Waals surface area contributed by atoms with Crippen molar-refractivity contribution in [2.45, 2.75) is 158 Å². The summed E-state index contributed by atoms with van der Waals surface area (Å²) in [5, 5.41) is 2.74. The van der Waals surface area contributed by atoms with Crippen LogP contribution in [0.1, 0.15) is 158 Å². The van der Waals surface area contributed by atoms with Crippen molar-refractivity contribution < 1.29 is 58.3 Å². The molecule has 0 fully saturated rings. The molecule has 17 heteroatoms. The zero-order valence-corrected chi connectivity index (χ0v) is 50.4. The van der Waals surface area contributed by atoms with Crippen LogP contribution >= 0.6 is 0 Å². The summed E-state index contributed by atoms with van der Waals surface area (Å²) in [5.41, 5.74) is 4.45. The number of H-pyrrole nitrogens is 2. The number of unbranched alkanes of at least 4 members (excludes halogenated alkanes) is 8. The largest absolute Gasteiger partial charge is 0.493 e. The average Bonchev–Trinajstić information content (AvgIpc) is 4.36. The van der Waals surface area contributed by atoms with Gasteiger partial charge in [0.15, 0.2) is 23.3 Å². The fraction of sp³-hybridized carbons (Fsp3) is 0.500. The second-order valence-corrected chi connectivity index (χ2v) is 20.5. The first kappa shape index (κ1) is 60.4. The van der Waals surface area contributed by atoms with Crippen molar-refractivity contribution in [3.05, 3.63) is 48.5 Å². The molecule has 5 heterocycles. The number of aromatic amines is 2. The molecule has 0 saturated heterocycles. The molecule has 8 bridgehead atoms. The quantitative estimate of drug-likeness (QED) is 0.0300. The Labute approximate surface area is 490 Å². The Morgan fingerprint density at radius 1 is 0.259 bits per heavy atom. The summed E-state index contributed by atoms with van der Waals surface area (Å²) in [4.78, 5) is 40.4. The molecule has 0 radical (unpaired) electrons. The fourth-order valence-electron chi connectivity index (χ4n) is 9.64. The van der Waals surface area contributed by atoms with Crippen molar-refractivity contribution >= 4 is 44.1 Å². The second-order valence-electron chi connectivity index (χ2n) is 20.5. The molecule has 0 amide bonds. The van der Waals surface area contributed by atoms with Crippen LogP contribution in [0.15, 0.2) is 48.5 Å². The van der Waals surface area contributed by atoms with Crippen molar-refractivity contribution in [1.29, 1.82) is 0 Å². The van der Waals surface area contributed by atoms with E-state index in [-0.39, 0.29) is 20.4 Å². The van der Waals surface area contributed by atoms with E-state index < -0.39 is 0 Å². The SMILES string of the molecule is CCCCOc1ccc(OCCCC)c2c1-c1nc-2nc2[nH]c(nc3nc(nc4[nH]c(n1)c1c(OCCCC)ccc(OCCCC)c41)-c1c(OCCCC)ccc(OCCCC)c1-3)c1c(OCCCC)ccc(OCCCC)c21.[Pd]. The van der Waals surface area contributed by atoms with Gasteiger partial charge in [0, 0.05) is 20.4 Å². The second kappa shape index (κ2) is 29.9. The van der Waals surface area contributed by atoms with Crippen LogP contribution in [-0.4, -0.2) is 92.7 Å². The number of rotatable bonds is 32. The van der Waals surface area contributed by atoms with Crippen molar-refractivity contribution in [3.63, 3.8) is 0 Å². The monoisotopic (exact) mass is 1200 g/mol. The Balaban J connectivity index is 0.00000860. The van der Waals surface area contributed by atoms with Gasteiger partial charge in [-0.25, -0.2) is 29.9 Å². The van der Waals surface area contributed by atoms with E-state index in [1.807, 2.05) is 48.5 Å². The third-order valence-corrected chi connectivity index (χ3v) is 14.2. The summed E-state index contributed by atoms with van der Waals surface area (Å²) < 4.78 is 53.6. The van der Waals surface area contributed by atoms with E-state index in [0.29, 0.717) is 189 Å². The third kappa shape index (κ3) is 13.6. The maximum Gasteiger partial charge on any atom is 0.168 e. The molecule has 4 aromatic carbocycles. The van der Waals surface area contributed by atoms with E-state index in [1.54, 1.807) is 0 Å². The number of ether oxygens (including phenoxy) is 8. The molecule has 2 aliphatic heterocycles. The predicted octanol–water partition coefficient (Wildman–Crippen LogP) is 16.3. The van der Waals surface area contributed by atoms with Crippen molar-refractivity contribution in [3.8, 4) is 91.5 Å². The van der Waals surface area contributed by atoms with E-state index >= 15 is 0 Å². The molecule has 7 aromatic rings. The zero-order chi connectivity index (χ0) is 55.8. The van der Waals surface area contributed by atoms with Crippen molar-refractivity contribution in [1.82, 2.24) is 39.9 Å². The molecular formula is C64H82N8O8Pd. The molecule has 0 atom stereocenters. The molecule has 436 valence electrons. The first-order valence-corrected chi connectivity index (χ1v) is 29.9. The number of fused-ring (bicyclic) bond motifs is 20. The number of hydrogen-bond acceptors (Lipinski definition) is 14. The van der Waals surface area contributed by atoms with Gasteiger partial charge >= 0.3 is 0 Å². The molecule has 81 heavy (non-hydrogen) atoms. The van der Waals surface area contributed by atoms with E-state index in [4.69, 9.17) is 67.8 Å². The van der Waals surface area contributed by atoms with Crippen LogP contribution in [-0.2, 0) is 20.4 Å². The van der Waals surface area contributed by atoms with Crippen LogP contribution < -0.4 is 37.9 Å². The van der Waals surface area contributed by atoms with Gasteiger partial charge in [0.2, 0.25) is 0 Å². The Bertz CT molecular complexity index is 2970. The Morgan fingerprint density at radius 2 is 0.432 bits per heavy atom. The Kier molecular flexibility index (Phi) is 22.3. The van der Waals surface area contributed by atoms with E-state index in [0.717, 1.165) is 103 Å². The molecule has 0 spiro atoms. The van der Waals surface area contributed by atoms with Crippen molar-refractivity contribution in [2.24, 2.45) is 0 Å².